The molecule has 0 unspecified atom stereocenters. The highest BCUT2D eigenvalue weighted by Crippen LogP contribution is 2.31. The van der Waals surface area contributed by atoms with E-state index in [0.717, 1.165) is 12.2 Å². The summed E-state index contributed by atoms with van der Waals surface area (Å²) in [6, 6.07) is 6.40. The Bertz CT molecular complexity index is 786. The van der Waals surface area contributed by atoms with Crippen molar-refractivity contribution < 1.29 is 9.72 Å². The van der Waals surface area contributed by atoms with Crippen molar-refractivity contribution in [3.8, 4) is 0 Å². The Morgan fingerprint density at radius 1 is 1.31 bits per heavy atom. The lowest BCUT2D eigenvalue weighted by molar-refractivity contribution is -0.387. The number of carbonyl (C=O) groups is 1. The molecule has 2 aromatic rings. The van der Waals surface area contributed by atoms with Gasteiger partial charge in [0.1, 0.15) is 5.82 Å². The van der Waals surface area contributed by atoms with Crippen LogP contribution < -0.4 is 5.32 Å². The number of amides is 1. The normalized spacial score (nSPS) is 11.2. The summed E-state index contributed by atoms with van der Waals surface area (Å²) in [6.07, 6.45) is 2.58. The molecular weight excluding hydrogens is 352 g/mol. The van der Waals surface area contributed by atoms with Gasteiger partial charge in [0.15, 0.2) is 0 Å². The van der Waals surface area contributed by atoms with Gasteiger partial charge >= 0.3 is 0 Å². The van der Waals surface area contributed by atoms with Crippen LogP contribution in [0, 0.1) is 16.0 Å². The van der Waals surface area contributed by atoms with Gasteiger partial charge in [-0.05, 0) is 44.1 Å². The standard InChI is InChI=1S/C18H24N4O3S/c1-12(2)8-10-26-16-6-5-14(11-15(16)22(24)25)18(23)20-17-7-9-19-21(17)13(3)4/h5-7,9,11-13H,8,10H2,1-4H3,(H,20,23). The van der Waals surface area contributed by atoms with Crippen LogP contribution in [0.15, 0.2) is 35.4 Å². The third-order valence-electron chi connectivity index (χ3n) is 3.77. The highest BCUT2D eigenvalue weighted by molar-refractivity contribution is 7.99. The SMILES string of the molecule is CC(C)CCSc1ccc(C(=O)Nc2ccnn2C(C)C)cc1[N+](=O)[O-]. The van der Waals surface area contributed by atoms with Crippen molar-refractivity contribution in [2.24, 2.45) is 5.92 Å². The Balaban J connectivity index is 2.18. The van der Waals surface area contributed by atoms with E-state index in [-0.39, 0.29) is 17.3 Å². The zero-order valence-electron chi connectivity index (χ0n) is 15.4. The minimum Gasteiger partial charge on any atom is -0.307 e. The van der Waals surface area contributed by atoms with Crippen molar-refractivity contribution >= 4 is 29.2 Å². The van der Waals surface area contributed by atoms with Gasteiger partial charge in [-0.1, -0.05) is 13.8 Å². The first-order valence-electron chi connectivity index (χ1n) is 8.55. The van der Waals surface area contributed by atoms with Crippen LogP contribution >= 0.6 is 11.8 Å². The molecule has 7 nitrogen and oxygen atoms in total. The van der Waals surface area contributed by atoms with Crippen molar-refractivity contribution in [2.45, 2.75) is 45.1 Å². The molecule has 0 atom stereocenters. The fraction of sp³-hybridized carbons (Fsp3) is 0.444. The first-order chi connectivity index (χ1) is 12.3. The molecule has 8 heteroatoms. The quantitative estimate of drug-likeness (QED) is 0.407. The van der Waals surface area contributed by atoms with E-state index < -0.39 is 10.8 Å². The number of benzene rings is 1. The molecule has 0 aliphatic heterocycles. The van der Waals surface area contributed by atoms with Gasteiger partial charge < -0.3 is 5.32 Å². The Labute approximate surface area is 157 Å². The number of thioether (sulfide) groups is 1. The maximum absolute atomic E-state index is 12.5. The van der Waals surface area contributed by atoms with Crippen molar-refractivity contribution in [2.75, 3.05) is 11.1 Å². The average molecular weight is 376 g/mol. The summed E-state index contributed by atoms with van der Waals surface area (Å²) in [5.41, 5.74) is 0.213. The molecule has 2 rings (SSSR count). The molecule has 0 spiro atoms. The Morgan fingerprint density at radius 3 is 2.65 bits per heavy atom. The molecule has 1 amide bonds. The minimum absolute atomic E-state index is 0.0382. The fourth-order valence-electron chi connectivity index (χ4n) is 2.34. The lowest BCUT2D eigenvalue weighted by atomic mass is 10.2. The molecule has 0 saturated heterocycles. The lowest BCUT2D eigenvalue weighted by Crippen LogP contribution is -2.17. The van der Waals surface area contributed by atoms with E-state index in [0.29, 0.717) is 16.6 Å². The summed E-state index contributed by atoms with van der Waals surface area (Å²) in [4.78, 5) is 24.0. The predicted octanol–water partition coefficient (Wildman–Crippen LogP) is 4.76. The molecule has 1 heterocycles. The summed E-state index contributed by atoms with van der Waals surface area (Å²) >= 11 is 1.45. The highest BCUT2D eigenvalue weighted by Gasteiger charge is 2.19. The van der Waals surface area contributed by atoms with Crippen molar-refractivity contribution in [3.63, 3.8) is 0 Å². The molecule has 0 fully saturated rings. The molecule has 0 saturated carbocycles. The zero-order chi connectivity index (χ0) is 19.3. The zero-order valence-corrected chi connectivity index (χ0v) is 16.2. The number of nitro groups is 1. The summed E-state index contributed by atoms with van der Waals surface area (Å²) in [6.45, 7) is 8.14. The van der Waals surface area contributed by atoms with Crippen LogP contribution in [-0.4, -0.2) is 26.4 Å². The molecule has 26 heavy (non-hydrogen) atoms. The smallest absolute Gasteiger partial charge is 0.283 e. The van der Waals surface area contributed by atoms with Gasteiger partial charge in [-0.25, -0.2) is 4.68 Å². The van der Waals surface area contributed by atoms with Crippen LogP contribution in [0.4, 0.5) is 11.5 Å². The van der Waals surface area contributed by atoms with E-state index >= 15 is 0 Å². The maximum Gasteiger partial charge on any atom is 0.283 e. The van der Waals surface area contributed by atoms with E-state index in [9.17, 15) is 14.9 Å². The molecule has 0 bridgehead atoms. The molecule has 1 aromatic heterocycles. The monoisotopic (exact) mass is 376 g/mol. The lowest BCUT2D eigenvalue weighted by Gasteiger charge is -2.12. The van der Waals surface area contributed by atoms with Gasteiger partial charge in [0.05, 0.1) is 16.0 Å². The van der Waals surface area contributed by atoms with Crippen LogP contribution in [0.2, 0.25) is 0 Å². The number of nitro benzene ring substituents is 1. The number of hydrogen-bond acceptors (Lipinski definition) is 5. The largest absolute Gasteiger partial charge is 0.307 e. The Hall–Kier alpha value is -2.35. The number of nitrogens with zero attached hydrogens (tertiary/aromatic N) is 3. The first-order valence-corrected chi connectivity index (χ1v) is 9.54. The molecular formula is C18H24N4O3S. The van der Waals surface area contributed by atoms with E-state index in [4.69, 9.17) is 0 Å². The van der Waals surface area contributed by atoms with E-state index in [2.05, 4.69) is 24.3 Å². The second-order valence-corrected chi connectivity index (χ2v) is 7.82. The maximum atomic E-state index is 12.5. The molecule has 0 aliphatic rings. The van der Waals surface area contributed by atoms with Gasteiger partial charge in [0.2, 0.25) is 0 Å². The second kappa shape index (κ2) is 8.84. The fourth-order valence-corrected chi connectivity index (χ4v) is 3.60. The summed E-state index contributed by atoms with van der Waals surface area (Å²) in [5.74, 6) is 1.51. The van der Waals surface area contributed by atoms with E-state index in [1.165, 1.54) is 17.8 Å². The summed E-state index contributed by atoms with van der Waals surface area (Å²) < 4.78 is 1.68. The number of aromatic nitrogens is 2. The third-order valence-corrected chi connectivity index (χ3v) is 4.87. The van der Waals surface area contributed by atoms with Crippen LogP contribution in [0.3, 0.4) is 0 Å². The first kappa shape index (κ1) is 20.0. The van der Waals surface area contributed by atoms with Crippen molar-refractivity contribution in [1.29, 1.82) is 0 Å². The van der Waals surface area contributed by atoms with Crippen LogP contribution in [0.25, 0.3) is 0 Å². The number of rotatable bonds is 8. The van der Waals surface area contributed by atoms with E-state index in [1.54, 1.807) is 29.1 Å². The summed E-state index contributed by atoms with van der Waals surface area (Å²) in [5, 5.41) is 18.3. The molecule has 1 aromatic carbocycles. The molecule has 140 valence electrons. The van der Waals surface area contributed by atoms with Crippen LogP contribution in [0.1, 0.15) is 50.5 Å². The van der Waals surface area contributed by atoms with Gasteiger partial charge in [0.25, 0.3) is 11.6 Å². The molecule has 0 radical (unpaired) electrons. The number of carbonyl (C=O) groups excluding carboxylic acids is 1. The van der Waals surface area contributed by atoms with E-state index in [1.807, 2.05) is 13.8 Å². The highest BCUT2D eigenvalue weighted by atomic mass is 32.2. The Kier molecular flexibility index (Phi) is 6.79. The van der Waals surface area contributed by atoms with Crippen molar-refractivity contribution in [1.82, 2.24) is 9.78 Å². The van der Waals surface area contributed by atoms with Crippen molar-refractivity contribution in [3.05, 3.63) is 46.1 Å². The van der Waals surface area contributed by atoms with Gasteiger partial charge in [-0.2, -0.15) is 5.10 Å². The van der Waals surface area contributed by atoms with Gasteiger partial charge in [-0.15, -0.1) is 11.8 Å². The Morgan fingerprint density at radius 2 is 2.04 bits per heavy atom. The minimum atomic E-state index is -0.438. The predicted molar refractivity (Wildman–Crippen MR) is 104 cm³/mol. The van der Waals surface area contributed by atoms with Gasteiger partial charge in [-0.3, -0.25) is 14.9 Å². The van der Waals surface area contributed by atoms with Crippen LogP contribution in [-0.2, 0) is 0 Å². The average Bonchev–Trinajstić information content (AvgIpc) is 3.02. The third kappa shape index (κ3) is 5.08. The molecule has 1 N–H and O–H groups in total. The van der Waals surface area contributed by atoms with Gasteiger partial charge in [0, 0.05) is 23.7 Å². The van der Waals surface area contributed by atoms with Crippen LogP contribution in [0.5, 0.6) is 0 Å². The number of nitrogens with one attached hydrogen (secondary N) is 1. The number of hydrogen-bond donors (Lipinski definition) is 1. The summed E-state index contributed by atoms with van der Waals surface area (Å²) in [7, 11) is 0. The second-order valence-electron chi connectivity index (χ2n) is 6.68. The molecule has 0 aliphatic carbocycles. The topological polar surface area (TPSA) is 90.1 Å². The number of anilines is 1.